The van der Waals surface area contributed by atoms with Crippen molar-refractivity contribution in [3.63, 3.8) is 0 Å². The Kier molecular flexibility index (Phi) is 6.99. The molecular weight excluding hydrogens is 264 g/mol. The number of benzene rings is 1. The summed E-state index contributed by atoms with van der Waals surface area (Å²) in [5.74, 6) is 1.75. The van der Waals surface area contributed by atoms with Crippen molar-refractivity contribution in [3.8, 4) is 11.5 Å². The smallest absolute Gasteiger partial charge is 0.127 e. The quantitative estimate of drug-likeness (QED) is 0.917. The molecule has 0 aliphatic carbocycles. The van der Waals surface area contributed by atoms with Gasteiger partial charge in [0.1, 0.15) is 11.5 Å². The molecule has 1 heterocycles. The van der Waals surface area contributed by atoms with Gasteiger partial charge in [-0.2, -0.15) is 0 Å². The maximum atomic E-state index is 5.44. The molecule has 1 fully saturated rings. The number of nitrogens with zero attached hydrogens (tertiary/aromatic N) is 1. The minimum Gasteiger partial charge on any atom is -0.497 e. The SMILES string of the molecule is COc1ccc(CN2CCCNCC2)c(OC)c1.Cl. The van der Waals surface area contributed by atoms with Gasteiger partial charge < -0.3 is 14.8 Å². The van der Waals surface area contributed by atoms with Crippen LogP contribution in [0, 0.1) is 0 Å². The van der Waals surface area contributed by atoms with Crippen molar-refractivity contribution in [1.82, 2.24) is 10.2 Å². The summed E-state index contributed by atoms with van der Waals surface area (Å²) in [4.78, 5) is 2.46. The van der Waals surface area contributed by atoms with Crippen LogP contribution in [0.2, 0.25) is 0 Å². The molecule has 1 aliphatic rings. The van der Waals surface area contributed by atoms with Crippen LogP contribution in [0.1, 0.15) is 12.0 Å². The van der Waals surface area contributed by atoms with Crippen molar-refractivity contribution in [2.24, 2.45) is 0 Å². The van der Waals surface area contributed by atoms with E-state index in [9.17, 15) is 0 Å². The van der Waals surface area contributed by atoms with Gasteiger partial charge >= 0.3 is 0 Å². The van der Waals surface area contributed by atoms with Gasteiger partial charge in [0.25, 0.3) is 0 Å². The Bertz CT molecular complexity index is 380. The van der Waals surface area contributed by atoms with Crippen molar-refractivity contribution in [1.29, 1.82) is 0 Å². The van der Waals surface area contributed by atoms with E-state index < -0.39 is 0 Å². The van der Waals surface area contributed by atoms with Gasteiger partial charge in [0.2, 0.25) is 0 Å². The standard InChI is InChI=1S/C14H22N2O2.ClH/c1-17-13-5-4-12(14(10-13)18-2)11-16-8-3-6-15-7-9-16;/h4-5,10,15H,3,6-9,11H2,1-2H3;1H. The highest BCUT2D eigenvalue weighted by Gasteiger charge is 2.12. The monoisotopic (exact) mass is 286 g/mol. The van der Waals surface area contributed by atoms with Gasteiger partial charge in [0, 0.05) is 31.3 Å². The van der Waals surface area contributed by atoms with Crippen molar-refractivity contribution < 1.29 is 9.47 Å². The van der Waals surface area contributed by atoms with Crippen LogP contribution in [-0.2, 0) is 6.54 Å². The first-order chi connectivity index (χ1) is 8.83. The molecule has 108 valence electrons. The van der Waals surface area contributed by atoms with Crippen LogP contribution < -0.4 is 14.8 Å². The summed E-state index contributed by atoms with van der Waals surface area (Å²) in [5.41, 5.74) is 1.22. The third-order valence-corrected chi connectivity index (χ3v) is 3.32. The maximum Gasteiger partial charge on any atom is 0.127 e. The van der Waals surface area contributed by atoms with Gasteiger partial charge in [-0.15, -0.1) is 12.4 Å². The molecule has 1 N–H and O–H groups in total. The molecule has 1 saturated heterocycles. The fourth-order valence-corrected chi connectivity index (χ4v) is 2.28. The summed E-state index contributed by atoms with van der Waals surface area (Å²) in [6.45, 7) is 5.36. The lowest BCUT2D eigenvalue weighted by Crippen LogP contribution is -2.27. The molecule has 0 radical (unpaired) electrons. The normalized spacial score (nSPS) is 16.3. The molecule has 1 aromatic carbocycles. The van der Waals surface area contributed by atoms with Crippen LogP contribution >= 0.6 is 12.4 Å². The molecule has 19 heavy (non-hydrogen) atoms. The van der Waals surface area contributed by atoms with Crippen LogP contribution in [0.15, 0.2) is 18.2 Å². The number of ether oxygens (including phenoxy) is 2. The summed E-state index contributed by atoms with van der Waals surface area (Å²) in [7, 11) is 3.39. The molecule has 2 rings (SSSR count). The number of halogens is 1. The van der Waals surface area contributed by atoms with Gasteiger partial charge in [0.15, 0.2) is 0 Å². The summed E-state index contributed by atoms with van der Waals surface area (Å²) in [5, 5.41) is 3.42. The Morgan fingerprint density at radius 2 is 2.00 bits per heavy atom. The van der Waals surface area contributed by atoms with E-state index >= 15 is 0 Å². The zero-order chi connectivity index (χ0) is 12.8. The molecule has 0 unspecified atom stereocenters. The summed E-state index contributed by atoms with van der Waals surface area (Å²) >= 11 is 0. The van der Waals surface area contributed by atoms with E-state index in [1.165, 1.54) is 12.0 Å². The lowest BCUT2D eigenvalue weighted by Gasteiger charge is -2.21. The van der Waals surface area contributed by atoms with Gasteiger partial charge in [-0.3, -0.25) is 4.90 Å². The first kappa shape index (κ1) is 16.1. The number of rotatable bonds is 4. The lowest BCUT2D eigenvalue weighted by molar-refractivity contribution is 0.278. The Morgan fingerprint density at radius 3 is 2.74 bits per heavy atom. The van der Waals surface area contributed by atoms with Crippen LogP contribution in [0.3, 0.4) is 0 Å². The van der Waals surface area contributed by atoms with E-state index in [1.807, 2.05) is 12.1 Å². The largest absolute Gasteiger partial charge is 0.497 e. The highest BCUT2D eigenvalue weighted by molar-refractivity contribution is 5.85. The average molecular weight is 287 g/mol. The van der Waals surface area contributed by atoms with Gasteiger partial charge in [0.05, 0.1) is 14.2 Å². The Balaban J connectivity index is 0.00000180. The van der Waals surface area contributed by atoms with Crippen molar-refractivity contribution in [3.05, 3.63) is 23.8 Å². The highest BCUT2D eigenvalue weighted by Crippen LogP contribution is 2.25. The van der Waals surface area contributed by atoms with Crippen LogP contribution in [-0.4, -0.2) is 45.3 Å². The Morgan fingerprint density at radius 1 is 1.16 bits per heavy atom. The molecule has 0 saturated carbocycles. The summed E-state index contributed by atoms with van der Waals surface area (Å²) in [6, 6.07) is 6.04. The second-order valence-corrected chi connectivity index (χ2v) is 4.56. The lowest BCUT2D eigenvalue weighted by atomic mass is 10.1. The van der Waals surface area contributed by atoms with Gasteiger partial charge in [-0.25, -0.2) is 0 Å². The molecule has 5 heteroatoms. The second kappa shape index (κ2) is 8.25. The molecule has 0 aromatic heterocycles. The number of nitrogens with one attached hydrogen (secondary N) is 1. The number of hydrogen-bond donors (Lipinski definition) is 1. The number of hydrogen-bond acceptors (Lipinski definition) is 4. The van der Waals surface area contributed by atoms with Gasteiger partial charge in [-0.05, 0) is 25.6 Å². The summed E-state index contributed by atoms with van der Waals surface area (Å²) in [6.07, 6.45) is 1.21. The van der Waals surface area contributed by atoms with Gasteiger partial charge in [-0.1, -0.05) is 6.07 Å². The zero-order valence-electron chi connectivity index (χ0n) is 11.6. The second-order valence-electron chi connectivity index (χ2n) is 4.56. The molecular formula is C14H23ClN2O2. The highest BCUT2D eigenvalue weighted by atomic mass is 35.5. The molecule has 1 aliphatic heterocycles. The minimum absolute atomic E-state index is 0. The van der Waals surface area contributed by atoms with Crippen molar-refractivity contribution >= 4 is 12.4 Å². The Hall–Kier alpha value is -0.970. The predicted octanol–water partition coefficient (Wildman–Crippen LogP) is 1.92. The van der Waals surface area contributed by atoms with E-state index in [0.29, 0.717) is 0 Å². The van der Waals surface area contributed by atoms with E-state index in [0.717, 1.165) is 44.2 Å². The van der Waals surface area contributed by atoms with E-state index in [-0.39, 0.29) is 12.4 Å². The zero-order valence-corrected chi connectivity index (χ0v) is 12.5. The fraction of sp³-hybridized carbons (Fsp3) is 0.571. The van der Waals surface area contributed by atoms with Crippen molar-refractivity contribution in [2.45, 2.75) is 13.0 Å². The molecule has 1 aromatic rings. The van der Waals surface area contributed by atoms with E-state index in [2.05, 4.69) is 16.3 Å². The van der Waals surface area contributed by atoms with E-state index in [4.69, 9.17) is 9.47 Å². The Labute approximate surface area is 121 Å². The summed E-state index contributed by atoms with van der Waals surface area (Å²) < 4.78 is 10.7. The minimum atomic E-state index is 0. The molecule has 0 atom stereocenters. The first-order valence-corrected chi connectivity index (χ1v) is 6.47. The predicted molar refractivity (Wildman–Crippen MR) is 79.6 cm³/mol. The van der Waals surface area contributed by atoms with E-state index in [1.54, 1.807) is 14.2 Å². The average Bonchev–Trinajstić information content (AvgIpc) is 2.68. The van der Waals surface area contributed by atoms with Crippen LogP contribution in [0.25, 0.3) is 0 Å². The topological polar surface area (TPSA) is 33.7 Å². The van der Waals surface area contributed by atoms with Crippen LogP contribution in [0.5, 0.6) is 11.5 Å². The third-order valence-electron chi connectivity index (χ3n) is 3.32. The molecule has 0 amide bonds. The first-order valence-electron chi connectivity index (χ1n) is 6.47. The fourth-order valence-electron chi connectivity index (χ4n) is 2.28. The van der Waals surface area contributed by atoms with Crippen LogP contribution in [0.4, 0.5) is 0 Å². The molecule has 0 spiro atoms. The molecule has 4 nitrogen and oxygen atoms in total. The maximum absolute atomic E-state index is 5.44. The van der Waals surface area contributed by atoms with Crippen molar-refractivity contribution in [2.75, 3.05) is 40.4 Å². The third kappa shape index (κ3) is 4.56. The molecule has 0 bridgehead atoms. The number of methoxy groups -OCH3 is 2.